The van der Waals surface area contributed by atoms with Crippen molar-refractivity contribution in [3.05, 3.63) is 81.4 Å². The topological polar surface area (TPSA) is 121 Å². The lowest BCUT2D eigenvalue weighted by atomic mass is 9.81. The predicted molar refractivity (Wildman–Crippen MR) is 207 cm³/mol. The molecule has 4 heterocycles. The highest BCUT2D eigenvalue weighted by atomic mass is 35.5. The van der Waals surface area contributed by atoms with Gasteiger partial charge in [0.2, 0.25) is 0 Å². The minimum Gasteiger partial charge on any atom is -0.392 e. The molecule has 4 aromatic rings. The second-order valence-electron chi connectivity index (χ2n) is 16.1. The molecular weight excluding hydrogens is 688 g/mol. The number of nitrogens with zero attached hydrogens (tertiary/aromatic N) is 6. The van der Waals surface area contributed by atoms with E-state index < -0.39 is 6.10 Å². The number of aliphatic hydroxyl groups excluding tert-OH is 1. The van der Waals surface area contributed by atoms with Crippen molar-refractivity contribution in [2.45, 2.75) is 84.4 Å². The number of rotatable bonds is 10. The molecule has 2 bridgehead atoms. The zero-order valence-electron chi connectivity index (χ0n) is 31.3. The first-order valence-corrected chi connectivity index (χ1v) is 19.6. The molecule has 2 aromatic carbocycles. The summed E-state index contributed by atoms with van der Waals surface area (Å²) >= 11 is 7.03. The van der Waals surface area contributed by atoms with Crippen molar-refractivity contribution in [2.24, 2.45) is 25.4 Å². The number of benzene rings is 2. The molecule has 12 heteroatoms. The molecule has 0 spiro atoms. The van der Waals surface area contributed by atoms with Gasteiger partial charge in [0.15, 0.2) is 11.6 Å². The molecule has 2 aromatic heterocycles. The Morgan fingerprint density at radius 2 is 1.45 bits per heavy atom. The number of β-amino-alcohol motifs (C(OH)–C–C–N with tert-alkyl or cyclic N) is 1. The summed E-state index contributed by atoms with van der Waals surface area (Å²) in [6.07, 6.45) is 9.56. The van der Waals surface area contributed by atoms with Crippen LogP contribution in [0.1, 0.15) is 95.0 Å². The van der Waals surface area contributed by atoms with Gasteiger partial charge in [-0.05, 0) is 93.5 Å². The van der Waals surface area contributed by atoms with Gasteiger partial charge in [-0.15, -0.1) is 0 Å². The van der Waals surface area contributed by atoms with Crippen LogP contribution in [0.15, 0.2) is 36.4 Å². The molecule has 2 aliphatic carbocycles. The minimum atomic E-state index is -0.424. The van der Waals surface area contributed by atoms with Gasteiger partial charge in [-0.25, -0.2) is 9.97 Å². The van der Waals surface area contributed by atoms with E-state index in [0.29, 0.717) is 46.6 Å². The number of carbonyl (C=O) groups excluding carboxylic acids is 2. The number of imidazole rings is 2. The Hall–Kier alpha value is -4.03. The highest BCUT2D eigenvalue weighted by Crippen LogP contribution is 2.56. The van der Waals surface area contributed by atoms with Crippen LogP contribution in [0, 0.1) is 18.3 Å². The number of hydrogen-bond acceptors (Lipinski definition) is 7. The normalized spacial score (nSPS) is 21.7. The molecule has 8 rings (SSSR count). The standard InChI is InChI=1S/C41H51ClN8O3/c1-25(51)22-50-19-14-35-33(24-50)44-37(48(35)4)39(52)45-30-9-5-7-28(26(30)2)29-8-6-10-31(36(29)42)46-40(53)38-43-32-23-49(18-13-34(32)47(38)3)20-17-41-15-11-27(21-41)12-16-41/h5-10,25,27,51H,11-24H2,1-4H3,(H,45,52)(H,46,53)/t25-,27?,41?/m1/s1. The summed E-state index contributed by atoms with van der Waals surface area (Å²) in [7, 11) is 3.81. The van der Waals surface area contributed by atoms with Crippen molar-refractivity contribution in [3.63, 3.8) is 0 Å². The van der Waals surface area contributed by atoms with Crippen LogP contribution in [0.5, 0.6) is 0 Å². The summed E-state index contributed by atoms with van der Waals surface area (Å²) in [5, 5.41) is 16.4. The number of aliphatic hydroxyl groups is 1. The smallest absolute Gasteiger partial charge is 0.291 e. The van der Waals surface area contributed by atoms with Gasteiger partial charge in [-0.2, -0.15) is 0 Å². The fourth-order valence-electron chi connectivity index (χ4n) is 9.60. The van der Waals surface area contributed by atoms with Gasteiger partial charge in [-0.1, -0.05) is 35.9 Å². The third kappa shape index (κ3) is 6.93. The summed E-state index contributed by atoms with van der Waals surface area (Å²) in [4.78, 5) is 41.6. The molecule has 2 saturated carbocycles. The Kier molecular flexibility index (Phi) is 9.72. The van der Waals surface area contributed by atoms with Gasteiger partial charge in [0.25, 0.3) is 11.8 Å². The van der Waals surface area contributed by atoms with E-state index in [4.69, 9.17) is 21.6 Å². The molecule has 4 aliphatic rings. The Balaban J connectivity index is 0.953. The minimum absolute atomic E-state index is 0.293. The van der Waals surface area contributed by atoms with Gasteiger partial charge < -0.3 is 24.9 Å². The fraction of sp³-hybridized carbons (Fsp3) is 0.512. The van der Waals surface area contributed by atoms with Crippen LogP contribution in [0.25, 0.3) is 11.1 Å². The molecule has 0 saturated heterocycles. The predicted octanol–water partition coefficient (Wildman–Crippen LogP) is 6.35. The van der Waals surface area contributed by atoms with Crippen molar-refractivity contribution in [2.75, 3.05) is 36.8 Å². The van der Waals surface area contributed by atoms with Crippen LogP contribution in [-0.2, 0) is 40.0 Å². The maximum absolute atomic E-state index is 13.7. The highest BCUT2D eigenvalue weighted by Gasteiger charge is 2.44. The van der Waals surface area contributed by atoms with Crippen LogP contribution in [0.4, 0.5) is 11.4 Å². The fourth-order valence-corrected chi connectivity index (χ4v) is 9.88. The summed E-state index contributed by atoms with van der Waals surface area (Å²) in [5.74, 6) is 1.12. The van der Waals surface area contributed by atoms with Crippen molar-refractivity contribution in [3.8, 4) is 11.1 Å². The van der Waals surface area contributed by atoms with Gasteiger partial charge in [0, 0.05) is 82.3 Å². The van der Waals surface area contributed by atoms with Crippen molar-refractivity contribution >= 4 is 34.8 Å². The van der Waals surface area contributed by atoms with Crippen molar-refractivity contribution in [1.29, 1.82) is 0 Å². The lowest BCUT2D eigenvalue weighted by Gasteiger charge is -2.32. The maximum Gasteiger partial charge on any atom is 0.291 e. The first kappa shape index (κ1) is 36.0. The molecule has 1 atom stereocenters. The molecule has 280 valence electrons. The summed E-state index contributed by atoms with van der Waals surface area (Å²) in [6, 6.07) is 11.3. The largest absolute Gasteiger partial charge is 0.392 e. The van der Waals surface area contributed by atoms with Crippen molar-refractivity contribution in [1.82, 2.24) is 28.9 Å². The van der Waals surface area contributed by atoms with E-state index in [1.165, 1.54) is 38.5 Å². The zero-order valence-corrected chi connectivity index (χ0v) is 32.1. The number of aromatic nitrogens is 4. The molecule has 3 N–H and O–H groups in total. The van der Waals surface area contributed by atoms with Crippen LogP contribution < -0.4 is 10.6 Å². The molecule has 2 fully saturated rings. The number of carbonyl (C=O) groups is 2. The lowest BCUT2D eigenvalue weighted by molar-refractivity contribution is 0.100. The second kappa shape index (κ2) is 14.3. The Labute approximate surface area is 316 Å². The molecule has 53 heavy (non-hydrogen) atoms. The van der Waals surface area contributed by atoms with Gasteiger partial charge >= 0.3 is 0 Å². The number of nitrogens with one attached hydrogen (secondary N) is 2. The third-order valence-corrected chi connectivity index (χ3v) is 13.0. The van der Waals surface area contributed by atoms with Gasteiger partial charge in [0.05, 0.1) is 28.2 Å². The van der Waals surface area contributed by atoms with Gasteiger partial charge in [0.1, 0.15) is 0 Å². The lowest BCUT2D eigenvalue weighted by Crippen LogP contribution is -2.36. The van der Waals surface area contributed by atoms with Gasteiger partial charge in [-0.3, -0.25) is 19.4 Å². The molecule has 11 nitrogen and oxygen atoms in total. The van der Waals surface area contributed by atoms with Crippen LogP contribution in [-0.4, -0.2) is 78.1 Å². The third-order valence-electron chi connectivity index (χ3n) is 12.6. The molecule has 0 radical (unpaired) electrons. The number of fused-ring (bicyclic) bond motifs is 4. The summed E-state index contributed by atoms with van der Waals surface area (Å²) in [5.41, 5.74) is 8.19. The average molecular weight is 739 g/mol. The Bertz CT molecular complexity index is 2060. The van der Waals surface area contributed by atoms with Crippen LogP contribution in [0.3, 0.4) is 0 Å². The molecule has 0 unspecified atom stereocenters. The number of halogens is 1. The highest BCUT2D eigenvalue weighted by molar-refractivity contribution is 6.36. The molecule has 2 aliphatic heterocycles. The summed E-state index contributed by atoms with van der Waals surface area (Å²) < 4.78 is 3.82. The molecular formula is C41H51ClN8O3. The first-order valence-electron chi connectivity index (χ1n) is 19.2. The number of amides is 2. The van der Waals surface area contributed by atoms with E-state index in [1.54, 1.807) is 13.0 Å². The monoisotopic (exact) mass is 738 g/mol. The zero-order chi connectivity index (χ0) is 37.0. The van der Waals surface area contributed by atoms with E-state index in [0.717, 1.165) is 84.4 Å². The Morgan fingerprint density at radius 3 is 2.06 bits per heavy atom. The summed E-state index contributed by atoms with van der Waals surface area (Å²) in [6.45, 7) is 8.59. The van der Waals surface area contributed by atoms with E-state index in [2.05, 4.69) is 20.4 Å². The number of hydrogen-bond donors (Lipinski definition) is 3. The van der Waals surface area contributed by atoms with Crippen LogP contribution in [0.2, 0.25) is 5.02 Å². The Morgan fingerprint density at radius 1 is 0.887 bits per heavy atom. The first-order chi connectivity index (χ1) is 25.5. The maximum atomic E-state index is 13.7. The van der Waals surface area contributed by atoms with E-state index in [1.807, 2.05) is 60.5 Å². The van der Waals surface area contributed by atoms with Crippen molar-refractivity contribution < 1.29 is 14.7 Å². The SMILES string of the molecule is Cc1c(NC(=O)c2nc3c(n2C)CCN(C[C@@H](C)O)C3)cccc1-c1cccc(NC(=O)c2nc3c(n2C)CCN(CCC24CCC(CC2)C4)C3)c1Cl. The second-order valence-corrected chi connectivity index (χ2v) is 16.5. The molecule has 2 amide bonds. The average Bonchev–Trinajstić information content (AvgIpc) is 3.91. The van der Waals surface area contributed by atoms with E-state index >= 15 is 0 Å². The quantitative estimate of drug-likeness (QED) is 0.173. The van der Waals surface area contributed by atoms with Crippen LogP contribution >= 0.6 is 11.6 Å². The van der Waals surface area contributed by atoms with E-state index in [-0.39, 0.29) is 11.8 Å². The van der Waals surface area contributed by atoms with E-state index in [9.17, 15) is 14.7 Å². The number of anilines is 2.